The summed E-state index contributed by atoms with van der Waals surface area (Å²) in [7, 11) is 1.66. The smallest absolute Gasteiger partial charge is 0.254 e. The molecule has 6 heteroatoms. The van der Waals surface area contributed by atoms with Crippen molar-refractivity contribution in [1.29, 1.82) is 0 Å². The highest BCUT2D eigenvalue weighted by Gasteiger charge is 2.28. The molecule has 142 valence electrons. The third-order valence-electron chi connectivity index (χ3n) is 5.29. The van der Waals surface area contributed by atoms with Crippen molar-refractivity contribution in [3.8, 4) is 5.75 Å². The molecule has 0 unspecified atom stereocenters. The highest BCUT2D eigenvalue weighted by molar-refractivity contribution is 5.95. The van der Waals surface area contributed by atoms with Crippen LogP contribution < -0.4 is 14.7 Å². The first-order valence-electron chi connectivity index (χ1n) is 9.09. The van der Waals surface area contributed by atoms with Crippen LogP contribution in [0.25, 0.3) is 0 Å². The van der Waals surface area contributed by atoms with Crippen LogP contribution in [0, 0.1) is 0 Å². The second-order valence-corrected chi connectivity index (χ2v) is 6.81. The van der Waals surface area contributed by atoms with Gasteiger partial charge in [-0.15, -0.1) is 0 Å². The lowest BCUT2D eigenvalue weighted by Crippen LogP contribution is -3.14. The molecule has 1 amide bonds. The molecule has 0 aliphatic carbocycles. The summed E-state index contributed by atoms with van der Waals surface area (Å²) in [6, 6.07) is 14.4. The van der Waals surface area contributed by atoms with Crippen molar-refractivity contribution in [2.75, 3.05) is 33.3 Å². The molecule has 0 spiro atoms. The molecule has 1 N–H and O–H groups in total. The maximum Gasteiger partial charge on any atom is 0.254 e. The summed E-state index contributed by atoms with van der Waals surface area (Å²) in [5.74, 6) is -0.448. The first kappa shape index (κ1) is 18.9. The van der Waals surface area contributed by atoms with E-state index in [-0.39, 0.29) is 11.5 Å². The van der Waals surface area contributed by atoms with Crippen LogP contribution in [0.15, 0.2) is 48.5 Å². The van der Waals surface area contributed by atoms with Gasteiger partial charge in [-0.2, -0.15) is 0 Å². The van der Waals surface area contributed by atoms with E-state index in [9.17, 15) is 14.7 Å². The van der Waals surface area contributed by atoms with Crippen molar-refractivity contribution >= 4 is 11.9 Å². The zero-order valence-electron chi connectivity index (χ0n) is 15.6. The topological polar surface area (TPSA) is 74.1 Å². The van der Waals surface area contributed by atoms with Crippen molar-refractivity contribution in [2.24, 2.45) is 0 Å². The SMILES string of the molecule is COc1ccc([C@@H](C)[NH+]2CCN(C(=O)c3ccc(C(=O)[O-])cc3)CC2)cc1. The number of carbonyl (C=O) groups is 2. The van der Waals surface area contributed by atoms with E-state index in [1.165, 1.54) is 22.6 Å². The summed E-state index contributed by atoms with van der Waals surface area (Å²) in [5.41, 5.74) is 1.84. The van der Waals surface area contributed by atoms with Gasteiger partial charge in [-0.3, -0.25) is 4.79 Å². The monoisotopic (exact) mass is 368 g/mol. The van der Waals surface area contributed by atoms with Crippen molar-refractivity contribution in [1.82, 2.24) is 4.90 Å². The molecule has 1 aliphatic rings. The van der Waals surface area contributed by atoms with Gasteiger partial charge >= 0.3 is 0 Å². The van der Waals surface area contributed by atoms with Gasteiger partial charge in [-0.05, 0) is 48.9 Å². The lowest BCUT2D eigenvalue weighted by molar-refractivity contribution is -0.933. The minimum absolute atomic E-state index is 0.0592. The van der Waals surface area contributed by atoms with E-state index < -0.39 is 5.97 Å². The summed E-state index contributed by atoms with van der Waals surface area (Å²) >= 11 is 0. The van der Waals surface area contributed by atoms with Gasteiger partial charge in [0.1, 0.15) is 11.8 Å². The maximum atomic E-state index is 12.6. The van der Waals surface area contributed by atoms with Crippen molar-refractivity contribution in [3.05, 3.63) is 65.2 Å². The Hall–Kier alpha value is -2.86. The van der Waals surface area contributed by atoms with Gasteiger partial charge < -0.3 is 24.4 Å². The number of piperazine rings is 1. The lowest BCUT2D eigenvalue weighted by atomic mass is 10.1. The Labute approximate surface area is 159 Å². The lowest BCUT2D eigenvalue weighted by Gasteiger charge is -2.35. The predicted octanol–water partition coefficient (Wildman–Crippen LogP) is 0.161. The zero-order valence-corrected chi connectivity index (χ0v) is 15.6. The summed E-state index contributed by atoms with van der Waals surface area (Å²) in [5, 5.41) is 10.8. The molecule has 0 aromatic heterocycles. The standard InChI is InChI=1S/C21H24N2O4/c1-15(16-7-9-19(27-2)10-8-16)22-11-13-23(14-12-22)20(24)17-3-5-18(6-4-17)21(25)26/h3-10,15H,11-14H2,1-2H3,(H,25,26)/t15-/m1/s1. The van der Waals surface area contributed by atoms with Crippen molar-refractivity contribution < 1.29 is 24.3 Å². The second-order valence-electron chi connectivity index (χ2n) is 6.81. The highest BCUT2D eigenvalue weighted by Crippen LogP contribution is 2.16. The number of methoxy groups -OCH3 is 1. The van der Waals surface area contributed by atoms with E-state index >= 15 is 0 Å². The summed E-state index contributed by atoms with van der Waals surface area (Å²) in [6.45, 7) is 5.30. The van der Waals surface area contributed by atoms with Crippen LogP contribution in [0.3, 0.4) is 0 Å². The van der Waals surface area contributed by atoms with Crippen molar-refractivity contribution in [3.63, 3.8) is 0 Å². The Kier molecular flexibility index (Phi) is 5.76. The molecule has 0 radical (unpaired) electrons. The van der Waals surface area contributed by atoms with Gasteiger partial charge in [0.05, 0.1) is 39.3 Å². The normalized spacial score (nSPS) is 16.0. The van der Waals surface area contributed by atoms with E-state index in [1.54, 1.807) is 19.2 Å². The molecule has 0 saturated carbocycles. The van der Waals surface area contributed by atoms with Crippen LogP contribution in [0.1, 0.15) is 39.2 Å². The Bertz CT molecular complexity index is 794. The largest absolute Gasteiger partial charge is 0.545 e. The number of nitrogens with zero attached hydrogens (tertiary/aromatic N) is 1. The number of ether oxygens (including phenoxy) is 1. The van der Waals surface area contributed by atoms with E-state index in [2.05, 4.69) is 19.1 Å². The highest BCUT2D eigenvalue weighted by atomic mass is 16.5. The summed E-state index contributed by atoms with van der Waals surface area (Å²) in [6.07, 6.45) is 0. The average molecular weight is 368 g/mol. The fraction of sp³-hybridized carbons (Fsp3) is 0.333. The molecule has 1 saturated heterocycles. The molecule has 1 heterocycles. The van der Waals surface area contributed by atoms with Gasteiger partial charge in [0.15, 0.2) is 0 Å². The average Bonchev–Trinajstić information content (AvgIpc) is 2.73. The Morgan fingerprint density at radius 2 is 1.56 bits per heavy atom. The number of carboxylic acid groups (broad SMARTS) is 1. The summed E-state index contributed by atoms with van der Waals surface area (Å²) < 4.78 is 5.21. The number of amides is 1. The fourth-order valence-corrected chi connectivity index (χ4v) is 3.49. The fourth-order valence-electron chi connectivity index (χ4n) is 3.49. The molecule has 3 rings (SSSR count). The summed E-state index contributed by atoms with van der Waals surface area (Å²) in [4.78, 5) is 26.7. The Morgan fingerprint density at radius 3 is 2.07 bits per heavy atom. The second kappa shape index (κ2) is 8.22. The molecule has 2 aromatic rings. The molecule has 1 fully saturated rings. The van der Waals surface area contributed by atoms with E-state index in [0.29, 0.717) is 24.7 Å². The van der Waals surface area contributed by atoms with E-state index in [0.717, 1.165) is 18.8 Å². The third-order valence-corrected chi connectivity index (χ3v) is 5.29. The van der Waals surface area contributed by atoms with Crippen LogP contribution in [0.4, 0.5) is 0 Å². The number of carboxylic acids is 1. The number of carbonyl (C=O) groups excluding carboxylic acids is 2. The Balaban J connectivity index is 1.58. The molecular formula is C21H24N2O4. The molecule has 1 aliphatic heterocycles. The van der Waals surface area contributed by atoms with E-state index in [4.69, 9.17) is 4.74 Å². The molecule has 6 nitrogen and oxygen atoms in total. The van der Waals surface area contributed by atoms with Crippen LogP contribution in [0.2, 0.25) is 0 Å². The Morgan fingerprint density at radius 1 is 1.00 bits per heavy atom. The quantitative estimate of drug-likeness (QED) is 0.816. The first-order valence-corrected chi connectivity index (χ1v) is 9.09. The van der Waals surface area contributed by atoms with Gasteiger partial charge in [0, 0.05) is 11.1 Å². The number of hydrogen-bond acceptors (Lipinski definition) is 4. The van der Waals surface area contributed by atoms with Gasteiger partial charge in [0.25, 0.3) is 5.91 Å². The third kappa shape index (κ3) is 4.28. The van der Waals surface area contributed by atoms with Crippen LogP contribution in [-0.4, -0.2) is 50.1 Å². The number of aromatic carboxylic acids is 1. The van der Waals surface area contributed by atoms with Crippen LogP contribution >= 0.6 is 0 Å². The maximum absolute atomic E-state index is 12.6. The first-order chi connectivity index (χ1) is 13.0. The van der Waals surface area contributed by atoms with Crippen molar-refractivity contribution in [2.45, 2.75) is 13.0 Å². The van der Waals surface area contributed by atoms with E-state index in [1.807, 2.05) is 17.0 Å². The number of benzene rings is 2. The zero-order chi connectivity index (χ0) is 19.4. The number of quaternary nitrogens is 1. The molecule has 1 atom stereocenters. The van der Waals surface area contributed by atoms with Crippen LogP contribution in [0.5, 0.6) is 5.75 Å². The predicted molar refractivity (Wildman–Crippen MR) is 98.8 cm³/mol. The molecule has 0 bridgehead atoms. The molecule has 2 aromatic carbocycles. The molecular weight excluding hydrogens is 344 g/mol. The minimum Gasteiger partial charge on any atom is -0.545 e. The van der Waals surface area contributed by atoms with Gasteiger partial charge in [0.2, 0.25) is 0 Å². The van der Waals surface area contributed by atoms with Gasteiger partial charge in [-0.1, -0.05) is 12.1 Å². The number of nitrogens with one attached hydrogen (secondary N) is 1. The minimum atomic E-state index is -1.24. The number of rotatable bonds is 5. The van der Waals surface area contributed by atoms with Gasteiger partial charge in [-0.25, -0.2) is 0 Å². The van der Waals surface area contributed by atoms with Crippen LogP contribution in [-0.2, 0) is 0 Å². The number of hydrogen-bond donors (Lipinski definition) is 1. The molecule has 27 heavy (non-hydrogen) atoms.